The van der Waals surface area contributed by atoms with Crippen molar-refractivity contribution in [2.24, 2.45) is 0 Å². The average molecular weight is 461 g/mol. The Morgan fingerprint density at radius 2 is 1.58 bits per heavy atom. The molecule has 1 atom stereocenters. The van der Waals surface area contributed by atoms with Gasteiger partial charge in [0.2, 0.25) is 11.8 Å². The van der Waals surface area contributed by atoms with E-state index in [0.29, 0.717) is 19.5 Å². The molecule has 0 heterocycles. The summed E-state index contributed by atoms with van der Waals surface area (Å²) in [5.41, 5.74) is 4.37. The van der Waals surface area contributed by atoms with Gasteiger partial charge in [-0.15, -0.1) is 11.8 Å². The van der Waals surface area contributed by atoms with Crippen LogP contribution in [-0.4, -0.2) is 35.1 Å². The fourth-order valence-corrected chi connectivity index (χ4v) is 4.50. The molecule has 3 rings (SSSR count). The minimum Gasteiger partial charge on any atom is -0.355 e. The SMILES string of the molecule is CCNC(=O)C(Cc1ccccc1)N(Cc1cccc(C)c1)C(=O)CSc1ccc(C)cc1. The first-order valence-electron chi connectivity index (χ1n) is 11.3. The van der Waals surface area contributed by atoms with Gasteiger partial charge < -0.3 is 10.2 Å². The lowest BCUT2D eigenvalue weighted by atomic mass is 10.0. The van der Waals surface area contributed by atoms with Crippen molar-refractivity contribution in [1.82, 2.24) is 10.2 Å². The highest BCUT2D eigenvalue weighted by Crippen LogP contribution is 2.22. The lowest BCUT2D eigenvalue weighted by molar-refractivity contribution is -0.139. The number of aryl methyl sites for hydroxylation is 2. The van der Waals surface area contributed by atoms with Gasteiger partial charge in [0.1, 0.15) is 6.04 Å². The Morgan fingerprint density at radius 1 is 0.879 bits per heavy atom. The maximum Gasteiger partial charge on any atom is 0.243 e. The predicted octanol–water partition coefficient (Wildman–Crippen LogP) is 5.17. The largest absolute Gasteiger partial charge is 0.355 e. The second-order valence-corrected chi connectivity index (χ2v) is 9.26. The highest BCUT2D eigenvalue weighted by Gasteiger charge is 2.30. The van der Waals surface area contributed by atoms with Crippen molar-refractivity contribution < 1.29 is 9.59 Å². The molecule has 3 aromatic rings. The number of amides is 2. The van der Waals surface area contributed by atoms with Crippen molar-refractivity contribution in [2.45, 2.75) is 44.7 Å². The average Bonchev–Trinajstić information content (AvgIpc) is 2.81. The summed E-state index contributed by atoms with van der Waals surface area (Å²) in [6.45, 7) is 6.90. The van der Waals surface area contributed by atoms with Crippen LogP contribution in [0.2, 0.25) is 0 Å². The molecule has 0 bridgehead atoms. The Hall–Kier alpha value is -3.05. The van der Waals surface area contributed by atoms with E-state index < -0.39 is 6.04 Å². The van der Waals surface area contributed by atoms with Crippen molar-refractivity contribution in [3.8, 4) is 0 Å². The van der Waals surface area contributed by atoms with Gasteiger partial charge in [-0.25, -0.2) is 0 Å². The number of rotatable bonds is 10. The molecule has 0 aromatic heterocycles. The summed E-state index contributed by atoms with van der Waals surface area (Å²) in [4.78, 5) is 29.5. The van der Waals surface area contributed by atoms with Crippen molar-refractivity contribution in [3.05, 3.63) is 101 Å². The van der Waals surface area contributed by atoms with Crippen LogP contribution in [0, 0.1) is 13.8 Å². The van der Waals surface area contributed by atoms with Gasteiger partial charge in [0.05, 0.1) is 5.75 Å². The Balaban J connectivity index is 1.88. The second kappa shape index (κ2) is 12.3. The van der Waals surface area contributed by atoms with Crippen LogP contribution in [-0.2, 0) is 22.6 Å². The molecule has 2 amide bonds. The number of nitrogens with one attached hydrogen (secondary N) is 1. The van der Waals surface area contributed by atoms with Gasteiger partial charge in [0, 0.05) is 24.4 Å². The van der Waals surface area contributed by atoms with Crippen molar-refractivity contribution >= 4 is 23.6 Å². The van der Waals surface area contributed by atoms with Gasteiger partial charge in [-0.2, -0.15) is 0 Å². The summed E-state index contributed by atoms with van der Waals surface area (Å²) in [6, 6.07) is 25.6. The molecule has 33 heavy (non-hydrogen) atoms. The zero-order valence-electron chi connectivity index (χ0n) is 19.6. The van der Waals surface area contributed by atoms with Crippen LogP contribution in [0.3, 0.4) is 0 Å². The molecular formula is C28H32N2O2S. The van der Waals surface area contributed by atoms with Crippen LogP contribution >= 0.6 is 11.8 Å². The van der Waals surface area contributed by atoms with Gasteiger partial charge in [0.25, 0.3) is 0 Å². The summed E-state index contributed by atoms with van der Waals surface area (Å²) in [5.74, 6) is 0.108. The molecule has 3 aromatic carbocycles. The molecule has 1 unspecified atom stereocenters. The topological polar surface area (TPSA) is 49.4 Å². The quantitative estimate of drug-likeness (QED) is 0.425. The van der Waals surface area contributed by atoms with Gasteiger partial charge in [-0.3, -0.25) is 9.59 Å². The number of hydrogen-bond donors (Lipinski definition) is 1. The van der Waals surface area contributed by atoms with Crippen LogP contribution in [0.4, 0.5) is 0 Å². The minimum atomic E-state index is -0.584. The highest BCUT2D eigenvalue weighted by atomic mass is 32.2. The maximum atomic E-state index is 13.5. The Morgan fingerprint density at radius 3 is 2.24 bits per heavy atom. The summed E-state index contributed by atoms with van der Waals surface area (Å²) >= 11 is 1.51. The molecule has 0 aliphatic heterocycles. The molecular weight excluding hydrogens is 428 g/mol. The van der Waals surface area contributed by atoms with E-state index in [1.54, 1.807) is 4.90 Å². The lowest BCUT2D eigenvalue weighted by Crippen LogP contribution is -2.51. The number of benzene rings is 3. The zero-order valence-corrected chi connectivity index (χ0v) is 20.4. The molecule has 0 saturated heterocycles. The molecule has 0 spiro atoms. The molecule has 0 aliphatic rings. The van der Waals surface area contributed by atoms with E-state index in [9.17, 15) is 9.59 Å². The highest BCUT2D eigenvalue weighted by molar-refractivity contribution is 8.00. The standard InChI is InChI=1S/C28H32N2O2S/c1-4-29-28(32)26(18-23-10-6-5-7-11-23)30(19-24-12-8-9-22(3)17-24)27(31)20-33-25-15-13-21(2)14-16-25/h5-17,26H,4,18-20H2,1-3H3,(H,29,32). The second-order valence-electron chi connectivity index (χ2n) is 8.21. The zero-order chi connectivity index (χ0) is 23.6. The number of carbonyl (C=O) groups excluding carboxylic acids is 2. The number of hydrogen-bond acceptors (Lipinski definition) is 3. The van der Waals surface area contributed by atoms with E-state index in [2.05, 4.69) is 11.4 Å². The van der Waals surface area contributed by atoms with E-state index in [4.69, 9.17) is 0 Å². The lowest BCUT2D eigenvalue weighted by Gasteiger charge is -2.31. The predicted molar refractivity (Wildman–Crippen MR) is 136 cm³/mol. The fraction of sp³-hybridized carbons (Fsp3) is 0.286. The first kappa shape index (κ1) is 24.6. The normalized spacial score (nSPS) is 11.6. The van der Waals surface area contributed by atoms with Crippen LogP contribution in [0.25, 0.3) is 0 Å². The summed E-state index contributed by atoms with van der Waals surface area (Å²) in [5, 5.41) is 2.94. The van der Waals surface area contributed by atoms with E-state index in [-0.39, 0.29) is 17.6 Å². The molecule has 5 heteroatoms. The van der Waals surface area contributed by atoms with Crippen molar-refractivity contribution in [3.63, 3.8) is 0 Å². The van der Waals surface area contributed by atoms with Crippen LogP contribution in [0.15, 0.2) is 83.8 Å². The third-order valence-electron chi connectivity index (χ3n) is 5.44. The smallest absolute Gasteiger partial charge is 0.243 e. The molecule has 0 aliphatic carbocycles. The first-order valence-corrected chi connectivity index (χ1v) is 12.3. The first-order chi connectivity index (χ1) is 16.0. The van der Waals surface area contributed by atoms with Gasteiger partial charge in [0.15, 0.2) is 0 Å². The van der Waals surface area contributed by atoms with E-state index in [0.717, 1.165) is 21.6 Å². The molecule has 172 valence electrons. The third kappa shape index (κ3) is 7.50. The van der Waals surface area contributed by atoms with Crippen LogP contribution in [0.5, 0.6) is 0 Å². The Labute approximate surface area is 201 Å². The number of carbonyl (C=O) groups is 2. The number of nitrogens with zero attached hydrogens (tertiary/aromatic N) is 1. The van der Waals surface area contributed by atoms with Crippen molar-refractivity contribution in [2.75, 3.05) is 12.3 Å². The monoisotopic (exact) mass is 460 g/mol. The van der Waals surface area contributed by atoms with E-state index in [1.807, 2.05) is 93.6 Å². The molecule has 4 nitrogen and oxygen atoms in total. The van der Waals surface area contributed by atoms with Crippen LogP contribution < -0.4 is 5.32 Å². The molecule has 0 radical (unpaired) electrons. The molecule has 1 N–H and O–H groups in total. The van der Waals surface area contributed by atoms with Crippen molar-refractivity contribution in [1.29, 1.82) is 0 Å². The van der Waals surface area contributed by atoms with E-state index in [1.165, 1.54) is 17.3 Å². The fourth-order valence-electron chi connectivity index (χ4n) is 3.72. The summed E-state index contributed by atoms with van der Waals surface area (Å²) < 4.78 is 0. The van der Waals surface area contributed by atoms with Crippen LogP contribution in [0.1, 0.15) is 29.2 Å². The summed E-state index contributed by atoms with van der Waals surface area (Å²) in [7, 11) is 0. The molecule has 0 fully saturated rings. The summed E-state index contributed by atoms with van der Waals surface area (Å²) in [6.07, 6.45) is 0.472. The Kier molecular flexibility index (Phi) is 9.14. The third-order valence-corrected chi connectivity index (χ3v) is 6.44. The number of thioether (sulfide) groups is 1. The number of likely N-dealkylation sites (N-methyl/N-ethyl adjacent to an activating group) is 1. The van der Waals surface area contributed by atoms with Gasteiger partial charge in [-0.1, -0.05) is 77.9 Å². The minimum absolute atomic E-state index is 0.0470. The van der Waals surface area contributed by atoms with Gasteiger partial charge >= 0.3 is 0 Å². The Bertz CT molecular complexity index is 1050. The maximum absolute atomic E-state index is 13.5. The van der Waals surface area contributed by atoms with E-state index >= 15 is 0 Å². The van der Waals surface area contributed by atoms with Gasteiger partial charge in [-0.05, 0) is 44.0 Å². The molecule has 0 saturated carbocycles.